The summed E-state index contributed by atoms with van der Waals surface area (Å²) in [6.07, 6.45) is 0. The third-order valence-corrected chi connectivity index (χ3v) is 10.2. The Balaban J connectivity index is 1.28. The molecule has 1 aliphatic heterocycles. The van der Waals surface area contributed by atoms with E-state index in [0.717, 1.165) is 0 Å². The summed E-state index contributed by atoms with van der Waals surface area (Å²) in [5, 5.41) is 4.26. The molecule has 2 aromatic heterocycles. The fourth-order valence-electron chi connectivity index (χ4n) is 5.29. The second-order valence-electron chi connectivity index (χ2n) is 10.6. The lowest BCUT2D eigenvalue weighted by molar-refractivity contribution is -0.150. The van der Waals surface area contributed by atoms with Gasteiger partial charge in [0.25, 0.3) is 11.5 Å². The van der Waals surface area contributed by atoms with Gasteiger partial charge in [-0.15, -0.1) is 0 Å². The van der Waals surface area contributed by atoms with E-state index in [2.05, 4.69) is 20.3 Å². The molecule has 5 aromatic rings. The van der Waals surface area contributed by atoms with E-state index in [4.69, 9.17) is 27.9 Å². The highest BCUT2D eigenvalue weighted by Gasteiger charge is 2.30. The van der Waals surface area contributed by atoms with Gasteiger partial charge in [0.15, 0.2) is 6.61 Å². The number of amides is 1. The van der Waals surface area contributed by atoms with Gasteiger partial charge in [0.05, 0.1) is 42.6 Å². The van der Waals surface area contributed by atoms with Crippen molar-refractivity contribution in [1.29, 1.82) is 0 Å². The van der Waals surface area contributed by atoms with Crippen molar-refractivity contribution in [2.24, 2.45) is 7.05 Å². The zero-order chi connectivity index (χ0) is 32.7. The molecule has 0 saturated carbocycles. The van der Waals surface area contributed by atoms with Crippen LogP contribution >= 0.6 is 23.2 Å². The molecule has 1 fully saturated rings. The van der Waals surface area contributed by atoms with Crippen LogP contribution in [0.4, 0.5) is 11.6 Å². The van der Waals surface area contributed by atoms with Gasteiger partial charge in [-0.05, 0) is 36.4 Å². The van der Waals surface area contributed by atoms with Crippen LogP contribution in [0.15, 0.2) is 64.3 Å². The van der Waals surface area contributed by atoms with E-state index >= 15 is 0 Å². The highest BCUT2D eigenvalue weighted by atomic mass is 35.5. The molecule has 16 heteroatoms. The number of nitrogens with one attached hydrogen (secondary N) is 2. The van der Waals surface area contributed by atoms with Crippen molar-refractivity contribution in [2.75, 3.05) is 38.1 Å². The van der Waals surface area contributed by atoms with Crippen molar-refractivity contribution in [3.63, 3.8) is 0 Å². The lowest BCUT2D eigenvalue weighted by Crippen LogP contribution is -2.51. The first-order valence-electron chi connectivity index (χ1n) is 14.1. The molecule has 0 aliphatic carbocycles. The van der Waals surface area contributed by atoms with Crippen molar-refractivity contribution >= 4 is 78.7 Å². The minimum Gasteiger partial charge on any atom is -0.456 e. The first-order chi connectivity index (χ1) is 21.9. The number of piperazine rings is 1. The number of sulfonamides is 1. The maximum Gasteiger partial charge on any atom is 0.303 e. The standard InChI is InChI=1S/C30H27Cl2N7O6S/c1-17(40)45-16-24(41)38-11-13-39(14-12-38)46(43,44)19-6-3-5-18(15-19)28-33-22-9-10-23-27(25(22)29(42)36-28)37(2)30(34-23)35-26-20(31)7-4-8-21(26)32/h3-10,15H,11-14,16H2,1-2H3,(H,34,35)(H,33,36,42). The van der Waals surface area contributed by atoms with Gasteiger partial charge in [0.2, 0.25) is 16.0 Å². The monoisotopic (exact) mass is 683 g/mol. The van der Waals surface area contributed by atoms with Crippen LogP contribution in [-0.2, 0) is 31.4 Å². The van der Waals surface area contributed by atoms with Crippen LogP contribution in [0.3, 0.4) is 0 Å². The number of para-hydroxylation sites is 1. The van der Waals surface area contributed by atoms with Crippen molar-refractivity contribution in [3.8, 4) is 11.4 Å². The molecule has 238 valence electrons. The summed E-state index contributed by atoms with van der Waals surface area (Å²) >= 11 is 12.7. The molecule has 3 heterocycles. The molecule has 0 unspecified atom stereocenters. The third-order valence-electron chi connectivity index (χ3n) is 7.64. The molecule has 0 atom stereocenters. The summed E-state index contributed by atoms with van der Waals surface area (Å²) in [5.74, 6) is -0.350. The number of anilines is 2. The Kier molecular flexibility index (Phi) is 8.46. The quantitative estimate of drug-likeness (QED) is 0.242. The Morgan fingerprint density at radius 3 is 2.35 bits per heavy atom. The van der Waals surface area contributed by atoms with Gasteiger partial charge in [-0.2, -0.15) is 4.31 Å². The number of aryl methyl sites for hydroxylation is 1. The van der Waals surface area contributed by atoms with Crippen molar-refractivity contribution in [3.05, 3.63) is 75.0 Å². The average molecular weight is 685 g/mol. The van der Waals surface area contributed by atoms with E-state index in [-0.39, 0.29) is 49.4 Å². The maximum atomic E-state index is 13.5. The van der Waals surface area contributed by atoms with Crippen molar-refractivity contribution in [1.82, 2.24) is 28.7 Å². The third kappa shape index (κ3) is 5.91. The molecular weight excluding hydrogens is 657 g/mol. The number of ether oxygens (including phenoxy) is 1. The van der Waals surface area contributed by atoms with Crippen molar-refractivity contribution in [2.45, 2.75) is 11.8 Å². The van der Waals surface area contributed by atoms with Crippen LogP contribution in [0.5, 0.6) is 0 Å². The molecule has 0 radical (unpaired) electrons. The van der Waals surface area contributed by atoms with Gasteiger partial charge in [0, 0.05) is 45.7 Å². The summed E-state index contributed by atoms with van der Waals surface area (Å²) in [5.41, 5.74) is 1.91. The second-order valence-corrected chi connectivity index (χ2v) is 13.3. The van der Waals surface area contributed by atoms with Gasteiger partial charge in [0.1, 0.15) is 5.82 Å². The van der Waals surface area contributed by atoms with Crippen LogP contribution < -0.4 is 10.9 Å². The lowest BCUT2D eigenvalue weighted by atomic mass is 10.1. The second kappa shape index (κ2) is 12.4. The number of H-pyrrole nitrogens is 1. The number of hydrogen-bond acceptors (Lipinski definition) is 9. The van der Waals surface area contributed by atoms with E-state index in [0.29, 0.717) is 49.2 Å². The van der Waals surface area contributed by atoms with Gasteiger partial charge in [-0.3, -0.25) is 14.4 Å². The fraction of sp³-hybridized carbons (Fsp3) is 0.233. The smallest absolute Gasteiger partial charge is 0.303 e. The molecule has 6 rings (SSSR count). The SMILES string of the molecule is CC(=O)OCC(=O)N1CCN(S(=O)(=O)c2cccc(-c3nc4ccc5nc(Nc6c(Cl)cccc6Cl)n(C)c5c4c(=O)[nH]3)c2)CC1. The number of halogens is 2. The van der Waals surface area contributed by atoms with E-state index in [1.54, 1.807) is 54.1 Å². The van der Waals surface area contributed by atoms with E-state index in [1.165, 1.54) is 28.3 Å². The molecule has 46 heavy (non-hydrogen) atoms. The molecule has 1 aliphatic rings. The van der Waals surface area contributed by atoms with E-state index in [1.807, 2.05) is 0 Å². The number of carbonyl (C=O) groups is 2. The minimum atomic E-state index is -3.93. The molecule has 0 bridgehead atoms. The van der Waals surface area contributed by atoms with Crippen LogP contribution in [-0.4, -0.2) is 81.8 Å². The summed E-state index contributed by atoms with van der Waals surface area (Å²) in [7, 11) is -2.18. The zero-order valence-electron chi connectivity index (χ0n) is 24.6. The first kappa shape index (κ1) is 31.5. The number of fused-ring (bicyclic) bond motifs is 3. The summed E-state index contributed by atoms with van der Waals surface area (Å²) in [6.45, 7) is 1.28. The molecule has 2 N–H and O–H groups in total. The number of aromatic amines is 1. The normalized spacial score (nSPS) is 14.1. The maximum absolute atomic E-state index is 13.5. The van der Waals surface area contributed by atoms with Gasteiger partial charge < -0.3 is 24.5 Å². The van der Waals surface area contributed by atoms with Gasteiger partial charge in [-0.1, -0.05) is 41.4 Å². The van der Waals surface area contributed by atoms with Crippen molar-refractivity contribution < 1.29 is 22.7 Å². The summed E-state index contributed by atoms with van der Waals surface area (Å²) < 4.78 is 34.8. The fourth-order valence-corrected chi connectivity index (χ4v) is 7.25. The predicted molar refractivity (Wildman–Crippen MR) is 174 cm³/mol. The minimum absolute atomic E-state index is 0.0171. The van der Waals surface area contributed by atoms with Gasteiger partial charge >= 0.3 is 5.97 Å². The number of nitrogens with zero attached hydrogens (tertiary/aromatic N) is 5. The number of benzene rings is 3. The number of rotatable bonds is 7. The Morgan fingerprint density at radius 1 is 0.978 bits per heavy atom. The number of esters is 1. The number of carbonyl (C=O) groups excluding carboxylic acids is 2. The molecule has 1 saturated heterocycles. The van der Waals surface area contributed by atoms with Crippen LogP contribution in [0.1, 0.15) is 6.92 Å². The largest absolute Gasteiger partial charge is 0.456 e. The highest BCUT2D eigenvalue weighted by molar-refractivity contribution is 7.89. The Labute approximate surface area is 272 Å². The number of hydrogen-bond donors (Lipinski definition) is 2. The Morgan fingerprint density at radius 2 is 1.65 bits per heavy atom. The van der Waals surface area contributed by atoms with Crippen LogP contribution in [0.2, 0.25) is 10.0 Å². The number of imidazole rings is 1. The van der Waals surface area contributed by atoms with E-state index in [9.17, 15) is 22.8 Å². The first-order valence-corrected chi connectivity index (χ1v) is 16.3. The Bertz CT molecular complexity index is 2170. The Hall–Kier alpha value is -4.50. The topological polar surface area (TPSA) is 160 Å². The van der Waals surface area contributed by atoms with E-state index < -0.39 is 21.6 Å². The molecule has 1 amide bonds. The molecule has 13 nitrogen and oxygen atoms in total. The molecule has 0 spiro atoms. The number of aromatic nitrogens is 4. The highest BCUT2D eigenvalue weighted by Crippen LogP contribution is 2.34. The average Bonchev–Trinajstić information content (AvgIpc) is 3.36. The van der Waals surface area contributed by atoms with Crippen LogP contribution in [0, 0.1) is 0 Å². The predicted octanol–water partition coefficient (Wildman–Crippen LogP) is 3.92. The molecular formula is C30H27Cl2N7O6S. The van der Waals surface area contributed by atoms with Gasteiger partial charge in [-0.25, -0.2) is 18.4 Å². The zero-order valence-corrected chi connectivity index (χ0v) is 26.9. The van der Waals surface area contributed by atoms with Crippen LogP contribution in [0.25, 0.3) is 33.3 Å². The summed E-state index contributed by atoms with van der Waals surface area (Å²) in [4.78, 5) is 50.4. The summed E-state index contributed by atoms with van der Waals surface area (Å²) in [6, 6.07) is 14.7. The molecule has 3 aromatic carbocycles. The lowest BCUT2D eigenvalue weighted by Gasteiger charge is -2.33.